The van der Waals surface area contributed by atoms with Gasteiger partial charge < -0.3 is 0 Å². The second-order valence-electron chi connectivity index (χ2n) is 6.41. The quantitative estimate of drug-likeness (QED) is 0.694. The summed E-state index contributed by atoms with van der Waals surface area (Å²) in [5.41, 5.74) is 6.25. The molecular formula is C20H21N3. The van der Waals surface area contributed by atoms with Crippen LogP contribution in [0, 0.1) is 13.8 Å². The van der Waals surface area contributed by atoms with E-state index in [9.17, 15) is 0 Å². The number of rotatable bonds is 2. The minimum absolute atomic E-state index is 0.855. The van der Waals surface area contributed by atoms with Crippen molar-refractivity contribution in [2.24, 2.45) is 0 Å². The first-order chi connectivity index (χ1) is 11.2. The van der Waals surface area contributed by atoms with Gasteiger partial charge in [-0.25, -0.2) is 9.67 Å². The number of hydrogen-bond acceptors (Lipinski definition) is 2. The summed E-state index contributed by atoms with van der Waals surface area (Å²) in [6.07, 6.45) is 3.49. The SMILES string of the molecule is Cc1ccc(-c2ccc(-c3nc4n(n3)CCCC4)cc2)cc1C. The molecule has 0 bridgehead atoms. The predicted molar refractivity (Wildman–Crippen MR) is 93.3 cm³/mol. The second kappa shape index (κ2) is 5.65. The van der Waals surface area contributed by atoms with Crippen LogP contribution < -0.4 is 0 Å². The van der Waals surface area contributed by atoms with E-state index in [1.807, 2.05) is 0 Å². The molecule has 2 aromatic carbocycles. The number of aromatic nitrogens is 3. The zero-order valence-electron chi connectivity index (χ0n) is 13.7. The monoisotopic (exact) mass is 303 g/mol. The van der Waals surface area contributed by atoms with Gasteiger partial charge in [-0.1, -0.05) is 42.5 Å². The summed E-state index contributed by atoms with van der Waals surface area (Å²) in [5, 5.41) is 4.65. The molecule has 2 heterocycles. The fourth-order valence-corrected chi connectivity index (χ4v) is 3.14. The standard InChI is InChI=1S/C20H21N3/c1-14-6-7-18(13-15(14)2)16-8-10-17(11-9-16)20-21-19-5-3-4-12-23(19)22-20/h6-11,13H,3-5,12H2,1-2H3. The van der Waals surface area contributed by atoms with Crippen LogP contribution in [0.5, 0.6) is 0 Å². The molecule has 0 radical (unpaired) electrons. The molecule has 1 aliphatic heterocycles. The van der Waals surface area contributed by atoms with E-state index >= 15 is 0 Å². The molecule has 0 saturated heterocycles. The third kappa shape index (κ3) is 2.67. The zero-order valence-corrected chi connectivity index (χ0v) is 13.7. The molecule has 0 saturated carbocycles. The molecule has 0 aliphatic carbocycles. The molecule has 0 spiro atoms. The summed E-state index contributed by atoms with van der Waals surface area (Å²) in [7, 11) is 0. The minimum atomic E-state index is 0.855. The van der Waals surface area contributed by atoms with Gasteiger partial charge in [0.15, 0.2) is 5.82 Å². The van der Waals surface area contributed by atoms with Crippen LogP contribution in [0.1, 0.15) is 29.8 Å². The van der Waals surface area contributed by atoms with Gasteiger partial charge in [-0.05, 0) is 48.9 Å². The van der Waals surface area contributed by atoms with E-state index in [1.54, 1.807) is 0 Å². The molecule has 116 valence electrons. The first-order valence-corrected chi connectivity index (χ1v) is 8.32. The van der Waals surface area contributed by atoms with Crippen molar-refractivity contribution in [1.82, 2.24) is 14.8 Å². The van der Waals surface area contributed by atoms with Gasteiger partial charge in [0.1, 0.15) is 5.82 Å². The Morgan fingerprint density at radius 1 is 0.826 bits per heavy atom. The average Bonchev–Trinajstić information content (AvgIpc) is 3.02. The van der Waals surface area contributed by atoms with Gasteiger partial charge in [-0.2, -0.15) is 5.10 Å². The fourth-order valence-electron chi connectivity index (χ4n) is 3.14. The Bertz CT molecular complexity index is 820. The second-order valence-corrected chi connectivity index (χ2v) is 6.41. The summed E-state index contributed by atoms with van der Waals surface area (Å²) >= 11 is 0. The highest BCUT2D eigenvalue weighted by Crippen LogP contribution is 2.26. The molecule has 1 aliphatic rings. The van der Waals surface area contributed by atoms with Crippen LogP contribution in [0.15, 0.2) is 42.5 Å². The Balaban J connectivity index is 1.65. The first kappa shape index (κ1) is 14.2. The molecule has 3 heteroatoms. The topological polar surface area (TPSA) is 30.7 Å². The highest BCUT2D eigenvalue weighted by molar-refractivity contribution is 5.68. The molecule has 0 atom stereocenters. The predicted octanol–water partition coefficient (Wildman–Crippen LogP) is 4.57. The van der Waals surface area contributed by atoms with Gasteiger partial charge in [-0.15, -0.1) is 0 Å². The molecule has 0 unspecified atom stereocenters. The number of aryl methyl sites for hydroxylation is 4. The van der Waals surface area contributed by atoms with E-state index in [4.69, 9.17) is 4.98 Å². The third-order valence-electron chi connectivity index (χ3n) is 4.75. The van der Waals surface area contributed by atoms with E-state index in [0.29, 0.717) is 0 Å². The molecule has 23 heavy (non-hydrogen) atoms. The van der Waals surface area contributed by atoms with Crippen molar-refractivity contribution >= 4 is 0 Å². The van der Waals surface area contributed by atoms with Crippen LogP contribution in [-0.2, 0) is 13.0 Å². The van der Waals surface area contributed by atoms with Crippen LogP contribution in [0.3, 0.4) is 0 Å². The zero-order chi connectivity index (χ0) is 15.8. The van der Waals surface area contributed by atoms with Crippen molar-refractivity contribution < 1.29 is 0 Å². The Morgan fingerprint density at radius 2 is 1.57 bits per heavy atom. The Labute approximate surface area is 137 Å². The van der Waals surface area contributed by atoms with Crippen molar-refractivity contribution in [2.75, 3.05) is 0 Å². The van der Waals surface area contributed by atoms with E-state index in [0.717, 1.165) is 30.2 Å². The van der Waals surface area contributed by atoms with Crippen LogP contribution in [0.4, 0.5) is 0 Å². The molecule has 4 rings (SSSR count). The summed E-state index contributed by atoms with van der Waals surface area (Å²) in [6.45, 7) is 5.31. The molecule has 3 nitrogen and oxygen atoms in total. The van der Waals surface area contributed by atoms with Gasteiger partial charge >= 0.3 is 0 Å². The maximum atomic E-state index is 4.70. The van der Waals surface area contributed by atoms with E-state index in [1.165, 1.54) is 35.1 Å². The van der Waals surface area contributed by atoms with Crippen LogP contribution in [-0.4, -0.2) is 14.8 Å². The lowest BCUT2D eigenvalue weighted by molar-refractivity contribution is 0.480. The summed E-state index contributed by atoms with van der Waals surface area (Å²) in [4.78, 5) is 4.70. The van der Waals surface area contributed by atoms with Crippen molar-refractivity contribution in [2.45, 2.75) is 39.7 Å². The lowest BCUT2D eigenvalue weighted by atomic mass is 9.99. The average molecular weight is 303 g/mol. The lowest BCUT2D eigenvalue weighted by Crippen LogP contribution is -2.11. The number of hydrogen-bond donors (Lipinski definition) is 0. The lowest BCUT2D eigenvalue weighted by Gasteiger charge is -2.09. The van der Waals surface area contributed by atoms with E-state index in [2.05, 4.69) is 66.1 Å². The molecular weight excluding hydrogens is 282 g/mol. The van der Waals surface area contributed by atoms with Gasteiger partial charge in [0, 0.05) is 18.5 Å². The number of benzene rings is 2. The maximum absolute atomic E-state index is 4.70. The van der Waals surface area contributed by atoms with Crippen molar-refractivity contribution in [3.8, 4) is 22.5 Å². The van der Waals surface area contributed by atoms with E-state index < -0.39 is 0 Å². The van der Waals surface area contributed by atoms with Gasteiger partial charge in [0.2, 0.25) is 0 Å². The van der Waals surface area contributed by atoms with Crippen molar-refractivity contribution in [3.63, 3.8) is 0 Å². The fraction of sp³-hybridized carbons (Fsp3) is 0.300. The van der Waals surface area contributed by atoms with Gasteiger partial charge in [0.05, 0.1) is 0 Å². The minimum Gasteiger partial charge on any atom is -0.249 e. The highest BCUT2D eigenvalue weighted by atomic mass is 15.3. The Morgan fingerprint density at radius 3 is 2.30 bits per heavy atom. The summed E-state index contributed by atoms with van der Waals surface area (Å²) in [6, 6.07) is 15.2. The maximum Gasteiger partial charge on any atom is 0.181 e. The highest BCUT2D eigenvalue weighted by Gasteiger charge is 2.14. The van der Waals surface area contributed by atoms with Gasteiger partial charge in [-0.3, -0.25) is 0 Å². The van der Waals surface area contributed by atoms with E-state index in [-0.39, 0.29) is 0 Å². The summed E-state index contributed by atoms with van der Waals surface area (Å²) in [5.74, 6) is 1.98. The molecule has 0 N–H and O–H groups in total. The van der Waals surface area contributed by atoms with Crippen LogP contribution in [0.25, 0.3) is 22.5 Å². The van der Waals surface area contributed by atoms with Crippen LogP contribution >= 0.6 is 0 Å². The van der Waals surface area contributed by atoms with Crippen LogP contribution in [0.2, 0.25) is 0 Å². The van der Waals surface area contributed by atoms with Gasteiger partial charge in [0.25, 0.3) is 0 Å². The number of fused-ring (bicyclic) bond motifs is 1. The normalized spacial score (nSPS) is 13.8. The first-order valence-electron chi connectivity index (χ1n) is 8.32. The molecule has 0 amide bonds. The van der Waals surface area contributed by atoms with Crippen molar-refractivity contribution in [3.05, 3.63) is 59.4 Å². The smallest absolute Gasteiger partial charge is 0.181 e. The van der Waals surface area contributed by atoms with Crippen molar-refractivity contribution in [1.29, 1.82) is 0 Å². The molecule has 1 aromatic heterocycles. The number of nitrogens with zero attached hydrogens (tertiary/aromatic N) is 3. The Hall–Kier alpha value is -2.42. The molecule has 3 aromatic rings. The third-order valence-corrected chi connectivity index (χ3v) is 4.75. The molecule has 0 fully saturated rings. The largest absolute Gasteiger partial charge is 0.249 e. The summed E-state index contributed by atoms with van der Waals surface area (Å²) < 4.78 is 2.07. The Kier molecular flexibility index (Phi) is 3.49.